The molecule has 0 saturated heterocycles. The number of aromatic nitrogens is 2. The highest BCUT2D eigenvalue weighted by Crippen LogP contribution is 2.43. The van der Waals surface area contributed by atoms with Crippen LogP contribution in [0.3, 0.4) is 0 Å². The van der Waals surface area contributed by atoms with Crippen LogP contribution in [0.2, 0.25) is 5.02 Å². The average Bonchev–Trinajstić information content (AvgIpc) is 2.56. The van der Waals surface area contributed by atoms with Gasteiger partial charge in [-0.25, -0.2) is 4.98 Å². The minimum absolute atomic E-state index is 0.00829. The number of anilines is 2. The van der Waals surface area contributed by atoms with Crippen molar-refractivity contribution in [2.45, 2.75) is 18.5 Å². The number of hydrogen-bond acceptors (Lipinski definition) is 3. The van der Waals surface area contributed by atoms with Crippen LogP contribution in [-0.4, -0.2) is 9.55 Å². The second-order valence-corrected chi connectivity index (χ2v) is 6.68. The van der Waals surface area contributed by atoms with Crippen LogP contribution in [0.4, 0.5) is 51.1 Å². The normalized spacial score (nSPS) is 12.8. The Bertz CT molecular complexity index is 1060. The first-order valence-electron chi connectivity index (χ1n) is 7.25. The van der Waals surface area contributed by atoms with E-state index < -0.39 is 62.0 Å². The van der Waals surface area contributed by atoms with Crippen molar-refractivity contribution in [3.63, 3.8) is 0 Å². The Hall–Kier alpha value is -2.22. The molecule has 0 atom stereocenters. The Morgan fingerprint density at radius 1 is 1.00 bits per heavy atom. The summed E-state index contributed by atoms with van der Waals surface area (Å²) in [6, 6.07) is 0.0937. The number of alkyl halides is 9. The highest BCUT2D eigenvalue weighted by molar-refractivity contribution is 9.10. The third-order valence-electron chi connectivity index (χ3n) is 3.48. The van der Waals surface area contributed by atoms with Crippen LogP contribution in [0.25, 0.3) is 6.20 Å². The minimum Gasteiger partial charge on any atom is -0.325 e. The Kier molecular flexibility index (Phi) is 6.25. The third-order valence-corrected chi connectivity index (χ3v) is 4.47. The quantitative estimate of drug-likeness (QED) is 0.458. The summed E-state index contributed by atoms with van der Waals surface area (Å²) in [6.07, 6.45) is -15.0. The van der Waals surface area contributed by atoms with Gasteiger partial charge in [0.2, 0.25) is 5.95 Å². The van der Waals surface area contributed by atoms with E-state index in [-0.39, 0.29) is 16.7 Å². The Labute approximate surface area is 174 Å². The Morgan fingerprint density at radius 2 is 1.53 bits per heavy atom. The molecule has 1 heterocycles. The molecule has 0 aliphatic rings. The number of benzene rings is 1. The monoisotopic (exact) mass is 529 g/mol. The van der Waals surface area contributed by atoms with Gasteiger partial charge in [0, 0.05) is 10.7 Å². The predicted molar refractivity (Wildman–Crippen MR) is 92.3 cm³/mol. The Balaban J connectivity index is 2.83. The minimum atomic E-state index is -5.28. The smallest absolute Gasteiger partial charge is 0.325 e. The van der Waals surface area contributed by atoms with Crippen LogP contribution in [-0.2, 0) is 18.5 Å². The van der Waals surface area contributed by atoms with Crippen LogP contribution < -0.4 is 10.9 Å². The lowest BCUT2D eigenvalue weighted by Gasteiger charge is -2.20. The van der Waals surface area contributed by atoms with E-state index in [1.54, 1.807) is 5.32 Å². The van der Waals surface area contributed by atoms with Gasteiger partial charge in [-0.15, -0.1) is 0 Å². The van der Waals surface area contributed by atoms with Gasteiger partial charge >= 0.3 is 18.5 Å². The molecule has 0 aliphatic carbocycles. The first-order valence-corrected chi connectivity index (χ1v) is 8.42. The number of halogens is 11. The summed E-state index contributed by atoms with van der Waals surface area (Å²) in [5.74, 6) is -1.19. The van der Waals surface area contributed by atoms with E-state index in [1.165, 1.54) is 0 Å². The zero-order valence-electron chi connectivity index (χ0n) is 13.9. The van der Waals surface area contributed by atoms with E-state index >= 15 is 0 Å². The molecule has 0 amide bonds. The molecule has 1 aromatic heterocycles. The standard InChI is InChI=1S/C15H6BrClF9N3O/c1-2-29-11(30)9(17)10(15(24,25)26)28-12(29)27-8-4-5(13(18,19)20)7(16)3-6(8)14(21,22)23/h2-4H,1H2,(H,27,28). The van der Waals surface area contributed by atoms with Crippen molar-refractivity contribution >= 4 is 45.4 Å². The molecule has 0 saturated carbocycles. The molecule has 0 unspecified atom stereocenters. The van der Waals surface area contributed by atoms with Crippen molar-refractivity contribution in [3.05, 3.63) is 55.4 Å². The zero-order chi connectivity index (χ0) is 23.2. The lowest BCUT2D eigenvalue weighted by molar-refractivity contribution is -0.141. The van der Waals surface area contributed by atoms with E-state index in [1.807, 2.05) is 0 Å². The molecule has 1 aromatic carbocycles. The van der Waals surface area contributed by atoms with E-state index in [0.717, 1.165) is 0 Å². The molecule has 2 rings (SSSR count). The average molecular weight is 531 g/mol. The fourth-order valence-corrected chi connectivity index (χ4v) is 3.01. The summed E-state index contributed by atoms with van der Waals surface area (Å²) in [5.41, 5.74) is -8.04. The van der Waals surface area contributed by atoms with E-state index in [9.17, 15) is 44.3 Å². The molecule has 15 heteroatoms. The summed E-state index contributed by atoms with van der Waals surface area (Å²) in [5, 5.41) is 0.293. The highest BCUT2D eigenvalue weighted by atomic mass is 79.9. The summed E-state index contributed by atoms with van der Waals surface area (Å²) >= 11 is 7.70. The largest absolute Gasteiger partial charge is 0.435 e. The first kappa shape index (κ1) is 24.1. The number of rotatable bonds is 3. The summed E-state index contributed by atoms with van der Waals surface area (Å²) in [4.78, 5) is 15.0. The van der Waals surface area contributed by atoms with E-state index in [2.05, 4.69) is 27.5 Å². The van der Waals surface area contributed by atoms with Gasteiger partial charge in [0.25, 0.3) is 5.56 Å². The molecular formula is C15H6BrClF9N3O. The van der Waals surface area contributed by atoms with Crippen LogP contribution in [0.5, 0.6) is 0 Å². The molecule has 0 radical (unpaired) electrons. The van der Waals surface area contributed by atoms with Crippen LogP contribution in [0.1, 0.15) is 16.8 Å². The summed E-state index contributed by atoms with van der Waals surface area (Å²) in [7, 11) is 0. The van der Waals surface area contributed by atoms with Crippen LogP contribution in [0, 0.1) is 0 Å². The Morgan fingerprint density at radius 3 is 1.97 bits per heavy atom. The molecule has 0 spiro atoms. The van der Waals surface area contributed by atoms with Gasteiger partial charge in [0.15, 0.2) is 5.69 Å². The van der Waals surface area contributed by atoms with Gasteiger partial charge < -0.3 is 5.32 Å². The van der Waals surface area contributed by atoms with Gasteiger partial charge in [0.1, 0.15) is 5.02 Å². The molecule has 0 bridgehead atoms. The van der Waals surface area contributed by atoms with Crippen molar-refractivity contribution in [1.82, 2.24) is 9.55 Å². The molecule has 2 aromatic rings. The van der Waals surface area contributed by atoms with Crippen molar-refractivity contribution in [3.8, 4) is 0 Å². The second-order valence-electron chi connectivity index (χ2n) is 5.45. The fourth-order valence-electron chi connectivity index (χ4n) is 2.21. The number of nitrogens with one attached hydrogen (secondary N) is 1. The molecule has 1 N–H and O–H groups in total. The van der Waals surface area contributed by atoms with Gasteiger partial charge in [-0.05, 0) is 12.1 Å². The maximum absolute atomic E-state index is 13.3. The van der Waals surface area contributed by atoms with Crippen molar-refractivity contribution in [2.24, 2.45) is 0 Å². The highest BCUT2D eigenvalue weighted by Gasteiger charge is 2.41. The molecule has 0 fully saturated rings. The SMILES string of the molecule is C=Cn1c(Nc2cc(C(F)(F)F)c(Br)cc2C(F)(F)F)nc(C(F)(F)F)c(Cl)c1=O. The topological polar surface area (TPSA) is 46.9 Å². The lowest BCUT2D eigenvalue weighted by atomic mass is 10.1. The summed E-state index contributed by atoms with van der Waals surface area (Å²) < 4.78 is 118. The lowest BCUT2D eigenvalue weighted by Crippen LogP contribution is -2.26. The van der Waals surface area contributed by atoms with Crippen molar-refractivity contribution in [2.75, 3.05) is 5.32 Å². The van der Waals surface area contributed by atoms with E-state index in [0.29, 0.717) is 6.20 Å². The fraction of sp³-hybridized carbons (Fsp3) is 0.200. The van der Waals surface area contributed by atoms with Gasteiger partial charge in [0.05, 0.1) is 16.8 Å². The molecule has 164 valence electrons. The zero-order valence-corrected chi connectivity index (χ0v) is 16.2. The number of nitrogens with zero attached hydrogens (tertiary/aromatic N) is 2. The van der Waals surface area contributed by atoms with Gasteiger partial charge in [-0.2, -0.15) is 39.5 Å². The van der Waals surface area contributed by atoms with Crippen LogP contribution >= 0.6 is 27.5 Å². The number of hydrogen-bond donors (Lipinski definition) is 1. The van der Waals surface area contributed by atoms with Crippen LogP contribution in [0.15, 0.2) is 28.0 Å². The predicted octanol–water partition coefficient (Wildman–Crippen LogP) is 6.56. The summed E-state index contributed by atoms with van der Waals surface area (Å²) in [6.45, 7) is 3.10. The maximum Gasteiger partial charge on any atom is 0.435 e. The second kappa shape index (κ2) is 7.80. The van der Waals surface area contributed by atoms with Gasteiger partial charge in [-0.1, -0.05) is 34.1 Å². The molecule has 0 aliphatic heterocycles. The molecule has 30 heavy (non-hydrogen) atoms. The van der Waals surface area contributed by atoms with Crippen molar-refractivity contribution in [1.29, 1.82) is 0 Å². The first-order chi connectivity index (χ1) is 13.5. The maximum atomic E-state index is 13.3. The molecule has 4 nitrogen and oxygen atoms in total. The van der Waals surface area contributed by atoms with E-state index in [4.69, 9.17) is 11.6 Å². The third kappa shape index (κ3) is 4.74. The van der Waals surface area contributed by atoms with Crippen molar-refractivity contribution < 1.29 is 39.5 Å². The molecular weight excluding hydrogens is 525 g/mol. The van der Waals surface area contributed by atoms with Gasteiger partial charge in [-0.3, -0.25) is 9.36 Å².